The first-order chi connectivity index (χ1) is 13.9. The SMILES string of the molecule is COC(=O)c1ccccc1NC(=O)c1nc(C(=O)NCC(C)C)n2ccccc12. The number of nitrogens with one attached hydrogen (secondary N) is 2. The number of aromatic nitrogens is 2. The second kappa shape index (κ2) is 8.55. The zero-order valence-corrected chi connectivity index (χ0v) is 16.4. The molecule has 2 aromatic heterocycles. The van der Waals surface area contributed by atoms with Gasteiger partial charge in [-0.1, -0.05) is 32.0 Å². The number of esters is 1. The van der Waals surface area contributed by atoms with Crippen LogP contribution < -0.4 is 10.6 Å². The molecule has 0 saturated heterocycles. The highest BCUT2D eigenvalue weighted by molar-refractivity contribution is 6.11. The summed E-state index contributed by atoms with van der Waals surface area (Å²) < 4.78 is 6.32. The van der Waals surface area contributed by atoms with Gasteiger partial charge in [0, 0.05) is 12.7 Å². The van der Waals surface area contributed by atoms with E-state index < -0.39 is 11.9 Å². The summed E-state index contributed by atoms with van der Waals surface area (Å²) >= 11 is 0. The Balaban J connectivity index is 1.95. The quantitative estimate of drug-likeness (QED) is 0.626. The number of nitrogens with zero attached hydrogens (tertiary/aromatic N) is 2. The molecule has 0 fully saturated rings. The van der Waals surface area contributed by atoms with Crippen LogP contribution in [0.15, 0.2) is 48.7 Å². The summed E-state index contributed by atoms with van der Waals surface area (Å²) in [5.41, 5.74) is 1.09. The molecule has 3 aromatic rings. The van der Waals surface area contributed by atoms with Gasteiger partial charge in [0.05, 0.1) is 23.9 Å². The van der Waals surface area contributed by atoms with Crippen molar-refractivity contribution in [2.45, 2.75) is 13.8 Å². The van der Waals surface area contributed by atoms with E-state index in [1.165, 1.54) is 7.11 Å². The fourth-order valence-corrected chi connectivity index (χ4v) is 2.80. The molecular weight excluding hydrogens is 372 g/mol. The van der Waals surface area contributed by atoms with E-state index in [1.54, 1.807) is 53.1 Å². The minimum atomic E-state index is -0.565. The number of pyridine rings is 1. The molecule has 2 amide bonds. The summed E-state index contributed by atoms with van der Waals surface area (Å²) in [6.45, 7) is 4.47. The monoisotopic (exact) mass is 394 g/mol. The zero-order valence-electron chi connectivity index (χ0n) is 16.4. The van der Waals surface area contributed by atoms with E-state index in [0.717, 1.165) is 0 Å². The molecule has 0 bridgehead atoms. The van der Waals surface area contributed by atoms with Crippen LogP contribution in [-0.4, -0.2) is 40.8 Å². The number of hydrogen-bond donors (Lipinski definition) is 2. The first-order valence-corrected chi connectivity index (χ1v) is 9.16. The Hall–Kier alpha value is -3.68. The number of carbonyl (C=O) groups excluding carboxylic acids is 3. The largest absolute Gasteiger partial charge is 0.465 e. The predicted molar refractivity (Wildman–Crippen MR) is 108 cm³/mol. The Bertz CT molecular complexity index is 1070. The molecule has 0 radical (unpaired) electrons. The lowest BCUT2D eigenvalue weighted by molar-refractivity contribution is 0.0601. The van der Waals surface area contributed by atoms with E-state index in [0.29, 0.717) is 17.7 Å². The summed E-state index contributed by atoms with van der Waals surface area (Å²) in [6.07, 6.45) is 1.67. The van der Waals surface area contributed by atoms with Gasteiger partial charge in [0.15, 0.2) is 5.69 Å². The van der Waals surface area contributed by atoms with Crippen LogP contribution in [0.2, 0.25) is 0 Å². The number of methoxy groups -OCH3 is 1. The first kappa shape index (κ1) is 20.1. The molecule has 0 atom stereocenters. The van der Waals surface area contributed by atoms with Crippen LogP contribution in [0.3, 0.4) is 0 Å². The van der Waals surface area contributed by atoms with E-state index in [1.807, 2.05) is 13.8 Å². The Kier molecular flexibility index (Phi) is 5.92. The molecule has 0 aliphatic carbocycles. The van der Waals surface area contributed by atoms with Crippen molar-refractivity contribution in [1.29, 1.82) is 0 Å². The third kappa shape index (κ3) is 4.26. The number of fused-ring (bicyclic) bond motifs is 1. The van der Waals surface area contributed by atoms with Crippen LogP contribution in [0.5, 0.6) is 0 Å². The fraction of sp³-hybridized carbons (Fsp3) is 0.238. The van der Waals surface area contributed by atoms with Crippen LogP contribution >= 0.6 is 0 Å². The van der Waals surface area contributed by atoms with Crippen LogP contribution in [0.1, 0.15) is 45.3 Å². The topological polar surface area (TPSA) is 102 Å². The third-order valence-corrected chi connectivity index (χ3v) is 4.22. The van der Waals surface area contributed by atoms with Gasteiger partial charge in [0.2, 0.25) is 5.82 Å². The number of ether oxygens (including phenoxy) is 1. The summed E-state index contributed by atoms with van der Waals surface area (Å²) in [5.74, 6) is -1.07. The number of benzene rings is 1. The maximum atomic E-state index is 12.9. The molecule has 2 N–H and O–H groups in total. The van der Waals surface area contributed by atoms with Crippen LogP contribution in [-0.2, 0) is 4.74 Å². The average molecular weight is 394 g/mol. The number of amides is 2. The van der Waals surface area contributed by atoms with Crippen LogP contribution in [0.25, 0.3) is 5.52 Å². The molecule has 1 aromatic carbocycles. The Morgan fingerprint density at radius 1 is 1.07 bits per heavy atom. The first-order valence-electron chi connectivity index (χ1n) is 9.16. The van der Waals surface area contributed by atoms with E-state index in [-0.39, 0.29) is 28.9 Å². The molecule has 0 saturated carbocycles. The second-order valence-corrected chi connectivity index (χ2v) is 6.84. The normalized spacial score (nSPS) is 10.8. The Labute approximate surface area is 167 Å². The highest BCUT2D eigenvalue weighted by atomic mass is 16.5. The van der Waals surface area contributed by atoms with Crippen molar-refractivity contribution in [2.24, 2.45) is 5.92 Å². The predicted octanol–water partition coefficient (Wildman–Crippen LogP) is 2.76. The van der Waals surface area contributed by atoms with Crippen molar-refractivity contribution in [3.8, 4) is 0 Å². The van der Waals surface area contributed by atoms with Crippen LogP contribution in [0, 0.1) is 5.92 Å². The number of rotatable bonds is 6. The van der Waals surface area contributed by atoms with Crippen molar-refractivity contribution in [3.05, 3.63) is 65.7 Å². The number of hydrogen-bond acceptors (Lipinski definition) is 5. The summed E-state index contributed by atoms with van der Waals surface area (Å²) in [7, 11) is 1.27. The van der Waals surface area contributed by atoms with E-state index in [9.17, 15) is 14.4 Å². The molecule has 2 heterocycles. The number of para-hydroxylation sites is 1. The average Bonchev–Trinajstić information content (AvgIpc) is 3.12. The molecule has 0 spiro atoms. The maximum Gasteiger partial charge on any atom is 0.339 e. The highest BCUT2D eigenvalue weighted by Crippen LogP contribution is 2.19. The van der Waals surface area contributed by atoms with Gasteiger partial charge >= 0.3 is 5.97 Å². The molecule has 0 unspecified atom stereocenters. The minimum Gasteiger partial charge on any atom is -0.465 e. The van der Waals surface area contributed by atoms with E-state index in [2.05, 4.69) is 15.6 Å². The standard InChI is InChI=1S/C21H22N4O4/c1-13(2)12-22-20(27)18-24-17(16-10-6-7-11-25(16)18)19(26)23-15-9-5-4-8-14(15)21(28)29-3/h4-11,13H,12H2,1-3H3,(H,22,27)(H,23,26). The number of imidazole rings is 1. The van der Waals surface area contributed by atoms with Gasteiger partial charge in [0.1, 0.15) is 0 Å². The lowest BCUT2D eigenvalue weighted by Gasteiger charge is -2.08. The summed E-state index contributed by atoms with van der Waals surface area (Å²) in [4.78, 5) is 41.7. The molecule has 0 aliphatic heterocycles. The van der Waals surface area contributed by atoms with Crippen molar-refractivity contribution in [3.63, 3.8) is 0 Å². The minimum absolute atomic E-state index is 0.0833. The van der Waals surface area contributed by atoms with Crippen LogP contribution in [0.4, 0.5) is 5.69 Å². The third-order valence-electron chi connectivity index (χ3n) is 4.22. The van der Waals surface area contributed by atoms with Crippen molar-refractivity contribution in [2.75, 3.05) is 19.0 Å². The van der Waals surface area contributed by atoms with Gasteiger partial charge in [-0.3, -0.25) is 14.0 Å². The van der Waals surface area contributed by atoms with Gasteiger partial charge in [-0.2, -0.15) is 0 Å². The Morgan fingerprint density at radius 3 is 2.52 bits per heavy atom. The number of carbonyl (C=O) groups is 3. The van der Waals surface area contributed by atoms with Gasteiger partial charge < -0.3 is 15.4 Å². The van der Waals surface area contributed by atoms with Gasteiger partial charge in [0.25, 0.3) is 11.8 Å². The molecule has 0 aliphatic rings. The highest BCUT2D eigenvalue weighted by Gasteiger charge is 2.23. The molecule has 3 rings (SSSR count). The maximum absolute atomic E-state index is 12.9. The molecular formula is C21H22N4O4. The lowest BCUT2D eigenvalue weighted by Crippen LogP contribution is -2.29. The molecule has 150 valence electrons. The molecule has 8 nitrogen and oxygen atoms in total. The summed E-state index contributed by atoms with van der Waals surface area (Å²) in [6, 6.07) is 11.7. The van der Waals surface area contributed by atoms with Crippen molar-refractivity contribution < 1.29 is 19.1 Å². The number of anilines is 1. The Morgan fingerprint density at radius 2 is 1.79 bits per heavy atom. The fourth-order valence-electron chi connectivity index (χ4n) is 2.80. The van der Waals surface area contributed by atoms with Gasteiger partial charge in [-0.05, 0) is 30.2 Å². The second-order valence-electron chi connectivity index (χ2n) is 6.84. The van der Waals surface area contributed by atoms with E-state index >= 15 is 0 Å². The van der Waals surface area contributed by atoms with Crippen molar-refractivity contribution >= 4 is 29.0 Å². The summed E-state index contributed by atoms with van der Waals surface area (Å²) in [5, 5.41) is 5.50. The van der Waals surface area contributed by atoms with E-state index in [4.69, 9.17) is 4.74 Å². The van der Waals surface area contributed by atoms with Crippen molar-refractivity contribution in [1.82, 2.24) is 14.7 Å². The van der Waals surface area contributed by atoms with Gasteiger partial charge in [-0.25, -0.2) is 9.78 Å². The zero-order chi connectivity index (χ0) is 21.0. The lowest BCUT2D eigenvalue weighted by atomic mass is 10.1. The smallest absolute Gasteiger partial charge is 0.339 e. The van der Waals surface area contributed by atoms with Gasteiger partial charge in [-0.15, -0.1) is 0 Å². The molecule has 8 heteroatoms. The molecule has 29 heavy (non-hydrogen) atoms.